The summed E-state index contributed by atoms with van der Waals surface area (Å²) in [7, 11) is 0. The number of aromatic amines is 1. The SMILES string of the molecule is NC(=O)C[C@H](NC(=O)c1cn[nH]c1)c1cccc(Cl)c1. The summed E-state index contributed by atoms with van der Waals surface area (Å²) in [5, 5.41) is 9.51. The highest BCUT2D eigenvalue weighted by Crippen LogP contribution is 2.20. The molecule has 104 valence electrons. The molecule has 0 aliphatic carbocycles. The number of benzene rings is 1. The van der Waals surface area contributed by atoms with Gasteiger partial charge in [-0.25, -0.2) is 0 Å². The first-order valence-electron chi connectivity index (χ1n) is 5.89. The van der Waals surface area contributed by atoms with Gasteiger partial charge in [0.05, 0.1) is 24.2 Å². The van der Waals surface area contributed by atoms with Crippen molar-refractivity contribution < 1.29 is 9.59 Å². The normalized spacial score (nSPS) is 11.8. The van der Waals surface area contributed by atoms with Gasteiger partial charge in [0.25, 0.3) is 5.91 Å². The maximum Gasteiger partial charge on any atom is 0.254 e. The van der Waals surface area contributed by atoms with Crippen molar-refractivity contribution in [2.24, 2.45) is 5.73 Å². The van der Waals surface area contributed by atoms with Crippen LogP contribution in [0.25, 0.3) is 0 Å². The van der Waals surface area contributed by atoms with E-state index in [9.17, 15) is 9.59 Å². The fraction of sp³-hybridized carbons (Fsp3) is 0.154. The lowest BCUT2D eigenvalue weighted by molar-refractivity contribution is -0.118. The molecule has 0 saturated carbocycles. The Morgan fingerprint density at radius 2 is 2.25 bits per heavy atom. The van der Waals surface area contributed by atoms with Crippen molar-refractivity contribution >= 4 is 23.4 Å². The van der Waals surface area contributed by atoms with E-state index in [0.717, 1.165) is 0 Å². The summed E-state index contributed by atoms with van der Waals surface area (Å²) in [5.74, 6) is -0.854. The molecule has 1 aromatic heterocycles. The Balaban J connectivity index is 2.20. The van der Waals surface area contributed by atoms with Crippen molar-refractivity contribution in [3.8, 4) is 0 Å². The van der Waals surface area contributed by atoms with Gasteiger partial charge in [-0.15, -0.1) is 0 Å². The summed E-state index contributed by atoms with van der Waals surface area (Å²) < 4.78 is 0. The van der Waals surface area contributed by atoms with Crippen LogP contribution in [-0.4, -0.2) is 22.0 Å². The van der Waals surface area contributed by atoms with Gasteiger partial charge in [0.2, 0.25) is 5.91 Å². The van der Waals surface area contributed by atoms with E-state index in [-0.39, 0.29) is 12.3 Å². The van der Waals surface area contributed by atoms with Gasteiger partial charge >= 0.3 is 0 Å². The number of aromatic nitrogens is 2. The number of nitrogens with zero attached hydrogens (tertiary/aromatic N) is 1. The summed E-state index contributed by atoms with van der Waals surface area (Å²) in [6.45, 7) is 0. The molecule has 0 radical (unpaired) electrons. The van der Waals surface area contributed by atoms with Gasteiger partial charge in [0.15, 0.2) is 0 Å². The molecular formula is C13H13ClN4O2. The summed E-state index contributed by atoms with van der Waals surface area (Å²) in [4.78, 5) is 23.2. The number of carbonyl (C=O) groups excluding carboxylic acids is 2. The topological polar surface area (TPSA) is 101 Å². The molecule has 4 N–H and O–H groups in total. The Morgan fingerprint density at radius 1 is 1.45 bits per heavy atom. The van der Waals surface area contributed by atoms with E-state index in [2.05, 4.69) is 15.5 Å². The van der Waals surface area contributed by atoms with Crippen molar-refractivity contribution in [2.45, 2.75) is 12.5 Å². The van der Waals surface area contributed by atoms with Crippen molar-refractivity contribution in [1.29, 1.82) is 0 Å². The van der Waals surface area contributed by atoms with Crippen LogP contribution in [0.2, 0.25) is 5.02 Å². The monoisotopic (exact) mass is 292 g/mol. The number of H-pyrrole nitrogens is 1. The van der Waals surface area contributed by atoms with Crippen LogP contribution in [-0.2, 0) is 4.79 Å². The van der Waals surface area contributed by atoms with Gasteiger partial charge in [-0.3, -0.25) is 14.7 Å². The second-order valence-electron chi connectivity index (χ2n) is 4.24. The van der Waals surface area contributed by atoms with Gasteiger partial charge in [-0.1, -0.05) is 23.7 Å². The van der Waals surface area contributed by atoms with Crippen molar-refractivity contribution in [3.63, 3.8) is 0 Å². The zero-order valence-electron chi connectivity index (χ0n) is 10.5. The van der Waals surface area contributed by atoms with E-state index in [4.69, 9.17) is 17.3 Å². The summed E-state index contributed by atoms with van der Waals surface area (Å²) in [6.07, 6.45) is 2.85. The number of hydrogen-bond donors (Lipinski definition) is 3. The number of nitrogens with one attached hydrogen (secondary N) is 2. The zero-order valence-corrected chi connectivity index (χ0v) is 11.2. The summed E-state index contributed by atoms with van der Waals surface area (Å²) in [6, 6.07) is 6.38. The number of hydrogen-bond acceptors (Lipinski definition) is 3. The third-order valence-electron chi connectivity index (χ3n) is 2.72. The molecule has 1 aromatic carbocycles. The van der Waals surface area contributed by atoms with E-state index in [1.807, 2.05) is 0 Å². The van der Waals surface area contributed by atoms with E-state index in [0.29, 0.717) is 16.1 Å². The lowest BCUT2D eigenvalue weighted by Crippen LogP contribution is -2.31. The minimum Gasteiger partial charge on any atom is -0.370 e. The maximum absolute atomic E-state index is 12.0. The summed E-state index contributed by atoms with van der Waals surface area (Å²) >= 11 is 5.92. The van der Waals surface area contributed by atoms with Crippen LogP contribution in [0.3, 0.4) is 0 Å². The first-order valence-corrected chi connectivity index (χ1v) is 6.27. The second-order valence-corrected chi connectivity index (χ2v) is 4.67. The lowest BCUT2D eigenvalue weighted by atomic mass is 10.0. The Morgan fingerprint density at radius 3 is 2.85 bits per heavy atom. The second kappa shape index (κ2) is 6.21. The molecule has 0 fully saturated rings. The van der Waals surface area contributed by atoms with E-state index >= 15 is 0 Å². The standard InChI is InChI=1S/C13H13ClN4O2/c14-10-3-1-2-8(4-10)11(5-12(15)19)18-13(20)9-6-16-17-7-9/h1-4,6-7,11H,5H2,(H2,15,19)(H,16,17)(H,18,20)/t11-/m0/s1. The molecule has 1 atom stereocenters. The van der Waals surface area contributed by atoms with Crippen LogP contribution in [0, 0.1) is 0 Å². The van der Waals surface area contributed by atoms with E-state index < -0.39 is 11.9 Å². The molecule has 20 heavy (non-hydrogen) atoms. The molecule has 0 aliphatic rings. The first kappa shape index (κ1) is 14.1. The quantitative estimate of drug-likeness (QED) is 0.776. The largest absolute Gasteiger partial charge is 0.370 e. The molecule has 0 bridgehead atoms. The molecule has 0 saturated heterocycles. The average Bonchev–Trinajstić information content (AvgIpc) is 2.91. The third-order valence-corrected chi connectivity index (χ3v) is 2.96. The first-order chi connectivity index (χ1) is 9.56. The number of halogens is 1. The molecule has 0 spiro atoms. The summed E-state index contributed by atoms with van der Waals surface area (Å²) in [5.41, 5.74) is 6.31. The van der Waals surface area contributed by atoms with Crippen molar-refractivity contribution in [2.75, 3.05) is 0 Å². The molecule has 2 amide bonds. The smallest absolute Gasteiger partial charge is 0.254 e. The molecule has 1 heterocycles. The van der Waals surface area contributed by atoms with Crippen LogP contribution in [0.4, 0.5) is 0 Å². The highest BCUT2D eigenvalue weighted by Gasteiger charge is 2.18. The predicted molar refractivity (Wildman–Crippen MR) is 74.1 cm³/mol. The van der Waals surface area contributed by atoms with Gasteiger partial charge < -0.3 is 11.1 Å². The fourth-order valence-electron chi connectivity index (χ4n) is 1.79. The van der Waals surface area contributed by atoms with Crippen molar-refractivity contribution in [3.05, 3.63) is 52.8 Å². The number of amides is 2. The Kier molecular flexibility index (Phi) is 4.37. The highest BCUT2D eigenvalue weighted by molar-refractivity contribution is 6.30. The van der Waals surface area contributed by atoms with Crippen LogP contribution in [0.15, 0.2) is 36.7 Å². The number of carbonyl (C=O) groups is 2. The molecule has 2 rings (SSSR count). The van der Waals surface area contributed by atoms with Gasteiger partial charge in [0, 0.05) is 11.2 Å². The number of primary amides is 1. The third kappa shape index (κ3) is 3.58. The Bertz CT molecular complexity index is 613. The minimum atomic E-state index is -0.534. The molecule has 2 aromatic rings. The van der Waals surface area contributed by atoms with Gasteiger partial charge in [-0.2, -0.15) is 5.10 Å². The van der Waals surface area contributed by atoms with Crippen molar-refractivity contribution in [1.82, 2.24) is 15.5 Å². The van der Waals surface area contributed by atoms with Crippen LogP contribution >= 0.6 is 11.6 Å². The molecule has 0 unspecified atom stereocenters. The van der Waals surface area contributed by atoms with E-state index in [1.165, 1.54) is 12.4 Å². The van der Waals surface area contributed by atoms with E-state index in [1.54, 1.807) is 24.3 Å². The van der Waals surface area contributed by atoms with Gasteiger partial charge in [0.1, 0.15) is 0 Å². The average molecular weight is 293 g/mol. The van der Waals surface area contributed by atoms with Crippen LogP contribution in [0.1, 0.15) is 28.4 Å². The minimum absolute atomic E-state index is 0.00999. The maximum atomic E-state index is 12.0. The lowest BCUT2D eigenvalue weighted by Gasteiger charge is -2.17. The Hall–Kier alpha value is -2.34. The van der Waals surface area contributed by atoms with Gasteiger partial charge in [-0.05, 0) is 17.7 Å². The highest BCUT2D eigenvalue weighted by atomic mass is 35.5. The molecule has 6 nitrogen and oxygen atoms in total. The molecule has 7 heteroatoms. The fourth-order valence-corrected chi connectivity index (χ4v) is 1.99. The van der Waals surface area contributed by atoms with Crippen LogP contribution < -0.4 is 11.1 Å². The van der Waals surface area contributed by atoms with Crippen LogP contribution in [0.5, 0.6) is 0 Å². The zero-order chi connectivity index (χ0) is 14.5. The Labute approximate surface area is 120 Å². The molecular weight excluding hydrogens is 280 g/mol. The predicted octanol–water partition coefficient (Wildman–Crippen LogP) is 1.41. The number of nitrogens with two attached hydrogens (primary N) is 1. The molecule has 0 aliphatic heterocycles. The number of rotatable bonds is 5.